The summed E-state index contributed by atoms with van der Waals surface area (Å²) in [6.45, 7) is 6.30. The molecule has 1 heterocycles. The van der Waals surface area contributed by atoms with E-state index in [1.54, 1.807) is 20.8 Å². The van der Waals surface area contributed by atoms with Gasteiger partial charge in [0.2, 0.25) is 0 Å². The zero-order chi connectivity index (χ0) is 20.7. The molecule has 2 atom stereocenters. The van der Waals surface area contributed by atoms with E-state index >= 15 is 0 Å². The van der Waals surface area contributed by atoms with Crippen LogP contribution in [-0.2, 0) is 20.7 Å². The lowest BCUT2D eigenvalue weighted by atomic mass is 10.1. The molecule has 0 aromatic heterocycles. The van der Waals surface area contributed by atoms with Gasteiger partial charge in [-0.1, -0.05) is 28.1 Å². The monoisotopic (exact) mass is 451 g/mol. The number of amides is 2. The van der Waals surface area contributed by atoms with E-state index in [0.717, 1.165) is 10.0 Å². The van der Waals surface area contributed by atoms with Gasteiger partial charge in [-0.15, -0.1) is 0 Å². The normalized spacial score (nSPS) is 18.5. The maximum Gasteiger partial charge on any atom is 0.410 e. The number of carbonyl (C=O) groups excluding carboxylic acids is 2. The number of rotatable bonds is 4. The first-order valence-corrected chi connectivity index (χ1v) is 10.0. The van der Waals surface area contributed by atoms with Crippen molar-refractivity contribution in [3.8, 4) is 6.07 Å². The highest BCUT2D eigenvalue weighted by Crippen LogP contribution is 2.15. The number of benzene rings is 1. The number of nitrogens with zero attached hydrogens (tertiary/aromatic N) is 2. The van der Waals surface area contributed by atoms with Crippen LogP contribution < -0.4 is 5.32 Å². The molecule has 0 bridgehead atoms. The van der Waals surface area contributed by atoms with Crippen LogP contribution >= 0.6 is 15.9 Å². The average Bonchev–Trinajstić information content (AvgIpc) is 2.88. The molecule has 28 heavy (non-hydrogen) atoms. The molecule has 1 aromatic carbocycles. The number of hydrogen-bond acceptors (Lipinski definition) is 5. The van der Waals surface area contributed by atoms with E-state index in [-0.39, 0.29) is 6.54 Å². The Balaban J connectivity index is 1.97. The maximum absolute atomic E-state index is 12.6. The molecule has 2 rings (SSSR count). The fourth-order valence-corrected chi connectivity index (χ4v) is 2.99. The maximum atomic E-state index is 12.6. The topological polar surface area (TPSA) is 91.7 Å². The SMILES string of the molecule is CC(C)(C)OC(=O)N1CCCO[C@H](C(=O)N[C@H](C#N)Cc2ccc(Br)cc2)C1. The number of ether oxygens (including phenoxy) is 2. The van der Waals surface area contributed by atoms with Gasteiger partial charge in [-0.2, -0.15) is 5.26 Å². The van der Waals surface area contributed by atoms with E-state index in [9.17, 15) is 14.9 Å². The summed E-state index contributed by atoms with van der Waals surface area (Å²) >= 11 is 3.37. The first kappa shape index (κ1) is 22.2. The van der Waals surface area contributed by atoms with Gasteiger partial charge in [0.05, 0.1) is 12.6 Å². The van der Waals surface area contributed by atoms with Crippen molar-refractivity contribution < 1.29 is 19.1 Å². The molecule has 0 saturated carbocycles. The highest BCUT2D eigenvalue weighted by molar-refractivity contribution is 9.10. The van der Waals surface area contributed by atoms with Crippen molar-refractivity contribution in [2.75, 3.05) is 19.7 Å². The Labute approximate surface area is 174 Å². The molecule has 0 spiro atoms. The molecule has 1 saturated heterocycles. The van der Waals surface area contributed by atoms with Crippen LogP contribution in [0.15, 0.2) is 28.7 Å². The molecule has 1 aliphatic heterocycles. The molecular formula is C20H26BrN3O4. The van der Waals surface area contributed by atoms with E-state index < -0.39 is 29.7 Å². The van der Waals surface area contributed by atoms with Gasteiger partial charge in [-0.3, -0.25) is 4.79 Å². The summed E-state index contributed by atoms with van der Waals surface area (Å²) in [7, 11) is 0. The van der Waals surface area contributed by atoms with Gasteiger partial charge < -0.3 is 19.7 Å². The predicted octanol–water partition coefficient (Wildman–Crippen LogP) is 3.03. The van der Waals surface area contributed by atoms with E-state index in [1.165, 1.54) is 4.90 Å². The predicted molar refractivity (Wildman–Crippen MR) is 108 cm³/mol. The first-order valence-electron chi connectivity index (χ1n) is 9.22. The molecule has 1 aromatic rings. The van der Waals surface area contributed by atoms with Gasteiger partial charge in [0.25, 0.3) is 5.91 Å². The third-order valence-electron chi connectivity index (χ3n) is 4.05. The van der Waals surface area contributed by atoms with Crippen LogP contribution in [-0.4, -0.2) is 54.3 Å². The number of halogens is 1. The Kier molecular flexibility index (Phi) is 7.84. The minimum Gasteiger partial charge on any atom is -0.444 e. The molecule has 8 heteroatoms. The molecule has 0 radical (unpaired) electrons. The number of hydrogen-bond donors (Lipinski definition) is 1. The minimum atomic E-state index is -0.837. The second kappa shape index (κ2) is 9.89. The largest absolute Gasteiger partial charge is 0.444 e. The van der Waals surface area contributed by atoms with Crippen LogP contribution in [0.2, 0.25) is 0 Å². The summed E-state index contributed by atoms with van der Waals surface area (Å²) in [4.78, 5) is 26.5. The van der Waals surface area contributed by atoms with Gasteiger partial charge in [0, 0.05) is 24.0 Å². The van der Waals surface area contributed by atoms with Crippen LogP contribution in [0, 0.1) is 11.3 Å². The standard InChI is InChI=1S/C20H26BrN3O4/c1-20(2,3)28-19(26)24-9-4-10-27-17(13-24)18(25)23-16(12-22)11-14-5-7-15(21)8-6-14/h5-8,16-17H,4,9-11,13H2,1-3H3,(H,23,25)/t16-,17-/m0/s1. The van der Waals surface area contributed by atoms with Crippen molar-refractivity contribution in [1.82, 2.24) is 10.2 Å². The van der Waals surface area contributed by atoms with Gasteiger partial charge in [-0.25, -0.2) is 4.79 Å². The van der Waals surface area contributed by atoms with Gasteiger partial charge >= 0.3 is 6.09 Å². The Hall–Kier alpha value is -2.11. The van der Waals surface area contributed by atoms with E-state index in [4.69, 9.17) is 9.47 Å². The molecule has 0 aliphatic carbocycles. The summed E-state index contributed by atoms with van der Waals surface area (Å²) in [6, 6.07) is 8.99. The minimum absolute atomic E-state index is 0.0944. The summed E-state index contributed by atoms with van der Waals surface area (Å²) in [5, 5.41) is 12.1. The fourth-order valence-electron chi connectivity index (χ4n) is 2.73. The number of nitriles is 1. The Morgan fingerprint density at radius 2 is 2.07 bits per heavy atom. The highest BCUT2D eigenvalue weighted by Gasteiger charge is 2.31. The fraction of sp³-hybridized carbons (Fsp3) is 0.550. The van der Waals surface area contributed by atoms with Crippen molar-refractivity contribution in [3.63, 3.8) is 0 Å². The Bertz CT molecular complexity index is 724. The summed E-state index contributed by atoms with van der Waals surface area (Å²) < 4.78 is 12.0. The van der Waals surface area contributed by atoms with Gasteiger partial charge in [0.15, 0.2) is 6.10 Å². The third kappa shape index (κ3) is 7.13. The molecule has 2 amide bonds. The van der Waals surface area contributed by atoms with Crippen LogP contribution in [0.5, 0.6) is 0 Å². The van der Waals surface area contributed by atoms with Crippen molar-refractivity contribution >= 4 is 27.9 Å². The summed E-state index contributed by atoms with van der Waals surface area (Å²) in [6.07, 6.45) is -0.306. The highest BCUT2D eigenvalue weighted by atomic mass is 79.9. The van der Waals surface area contributed by atoms with E-state index in [1.807, 2.05) is 24.3 Å². The molecule has 7 nitrogen and oxygen atoms in total. The number of carbonyl (C=O) groups is 2. The van der Waals surface area contributed by atoms with Crippen LogP contribution in [0.25, 0.3) is 0 Å². The summed E-state index contributed by atoms with van der Waals surface area (Å²) in [5.74, 6) is -0.404. The lowest BCUT2D eigenvalue weighted by molar-refractivity contribution is -0.133. The van der Waals surface area contributed by atoms with Crippen LogP contribution in [0.1, 0.15) is 32.8 Å². The molecule has 1 fully saturated rings. The molecule has 1 N–H and O–H groups in total. The Morgan fingerprint density at radius 3 is 2.68 bits per heavy atom. The zero-order valence-electron chi connectivity index (χ0n) is 16.4. The van der Waals surface area contributed by atoms with Crippen LogP contribution in [0.4, 0.5) is 4.79 Å². The van der Waals surface area contributed by atoms with E-state index in [2.05, 4.69) is 27.3 Å². The van der Waals surface area contributed by atoms with Gasteiger partial charge in [0.1, 0.15) is 11.6 Å². The molecule has 152 valence electrons. The quantitative estimate of drug-likeness (QED) is 0.759. The van der Waals surface area contributed by atoms with Crippen LogP contribution in [0.3, 0.4) is 0 Å². The van der Waals surface area contributed by atoms with Crippen molar-refractivity contribution in [3.05, 3.63) is 34.3 Å². The second-order valence-electron chi connectivity index (χ2n) is 7.66. The van der Waals surface area contributed by atoms with E-state index in [0.29, 0.717) is 26.0 Å². The van der Waals surface area contributed by atoms with Crippen molar-refractivity contribution in [2.24, 2.45) is 0 Å². The third-order valence-corrected chi connectivity index (χ3v) is 4.58. The Morgan fingerprint density at radius 1 is 1.39 bits per heavy atom. The smallest absolute Gasteiger partial charge is 0.410 e. The van der Waals surface area contributed by atoms with Crippen molar-refractivity contribution in [2.45, 2.75) is 51.4 Å². The first-order chi connectivity index (χ1) is 13.2. The lowest BCUT2D eigenvalue weighted by Gasteiger charge is -2.27. The molecule has 1 aliphatic rings. The molecular weight excluding hydrogens is 426 g/mol. The summed E-state index contributed by atoms with van der Waals surface area (Å²) in [5.41, 5.74) is 0.325. The van der Waals surface area contributed by atoms with Gasteiger partial charge in [-0.05, 0) is 44.9 Å². The second-order valence-corrected chi connectivity index (χ2v) is 8.58. The lowest BCUT2D eigenvalue weighted by Crippen LogP contribution is -2.48. The molecule has 0 unspecified atom stereocenters. The van der Waals surface area contributed by atoms with Crippen molar-refractivity contribution in [1.29, 1.82) is 5.26 Å². The zero-order valence-corrected chi connectivity index (χ0v) is 18.0. The average molecular weight is 452 g/mol. The number of nitrogens with one attached hydrogen (secondary N) is 1.